The molecule has 2 rings (SSSR count). The number of ether oxygens (including phenoxy) is 1. The molecule has 0 bridgehead atoms. The lowest BCUT2D eigenvalue weighted by atomic mass is 10.0. The molecule has 0 aliphatic carbocycles. The zero-order valence-corrected chi connectivity index (χ0v) is 10.8. The Balaban J connectivity index is 1.83. The highest BCUT2D eigenvalue weighted by molar-refractivity contribution is 5.82. The number of hydrogen-bond donors (Lipinski definition) is 3. The maximum absolute atomic E-state index is 12.0. The second-order valence-corrected chi connectivity index (χ2v) is 4.87. The van der Waals surface area contributed by atoms with Gasteiger partial charge in [0, 0.05) is 19.3 Å². The molecule has 1 aliphatic rings. The predicted molar refractivity (Wildman–Crippen MR) is 71.8 cm³/mol. The summed E-state index contributed by atoms with van der Waals surface area (Å²) in [4.78, 5) is 12.0. The smallest absolute Gasteiger partial charge is 0.237 e. The number of nitrogens with one attached hydrogen (secondary N) is 1. The Morgan fingerprint density at radius 1 is 1.37 bits per heavy atom. The summed E-state index contributed by atoms with van der Waals surface area (Å²) in [7, 11) is 0. The van der Waals surface area contributed by atoms with Gasteiger partial charge in [0.2, 0.25) is 5.91 Å². The van der Waals surface area contributed by atoms with Crippen molar-refractivity contribution >= 4 is 5.91 Å². The van der Waals surface area contributed by atoms with E-state index in [2.05, 4.69) is 5.32 Å². The number of benzene rings is 1. The summed E-state index contributed by atoms with van der Waals surface area (Å²) in [6, 6.07) is 6.35. The molecule has 1 atom stereocenters. The van der Waals surface area contributed by atoms with Gasteiger partial charge in [-0.3, -0.25) is 4.79 Å². The molecular formula is C14H20N2O3. The van der Waals surface area contributed by atoms with Gasteiger partial charge in [0.15, 0.2) is 0 Å². The molecule has 104 valence electrons. The Hall–Kier alpha value is -1.59. The van der Waals surface area contributed by atoms with Crippen molar-refractivity contribution in [3.05, 3.63) is 29.8 Å². The fourth-order valence-electron chi connectivity index (χ4n) is 2.13. The van der Waals surface area contributed by atoms with E-state index in [1.165, 1.54) is 0 Å². The summed E-state index contributed by atoms with van der Waals surface area (Å²) in [6.07, 6.45) is 2.16. The number of hydrogen-bond acceptors (Lipinski definition) is 4. The van der Waals surface area contributed by atoms with E-state index >= 15 is 0 Å². The molecule has 0 aromatic heterocycles. The van der Waals surface area contributed by atoms with Crippen LogP contribution in [-0.4, -0.2) is 36.3 Å². The molecule has 4 N–H and O–H groups in total. The van der Waals surface area contributed by atoms with Gasteiger partial charge in [-0.05, 0) is 37.0 Å². The van der Waals surface area contributed by atoms with E-state index in [0.717, 1.165) is 18.4 Å². The van der Waals surface area contributed by atoms with Gasteiger partial charge in [-0.1, -0.05) is 12.1 Å². The zero-order chi connectivity index (χ0) is 13.7. The summed E-state index contributed by atoms with van der Waals surface area (Å²) < 4.78 is 5.24. The van der Waals surface area contributed by atoms with E-state index in [-0.39, 0.29) is 17.7 Å². The van der Waals surface area contributed by atoms with Crippen LogP contribution in [0.1, 0.15) is 18.4 Å². The normalized spacial score (nSPS) is 17.9. The van der Waals surface area contributed by atoms with Crippen molar-refractivity contribution in [2.75, 3.05) is 13.2 Å². The molecule has 1 aromatic carbocycles. The third-order valence-corrected chi connectivity index (χ3v) is 3.30. The van der Waals surface area contributed by atoms with Gasteiger partial charge in [-0.15, -0.1) is 0 Å². The Labute approximate surface area is 112 Å². The minimum Gasteiger partial charge on any atom is -0.508 e. The first-order chi connectivity index (χ1) is 9.15. The number of rotatable bonds is 4. The predicted octanol–water partition coefficient (Wildman–Crippen LogP) is 0.557. The fourth-order valence-corrected chi connectivity index (χ4v) is 2.13. The Kier molecular flexibility index (Phi) is 4.76. The van der Waals surface area contributed by atoms with E-state index in [1.807, 2.05) is 0 Å². The Morgan fingerprint density at radius 3 is 2.63 bits per heavy atom. The molecule has 0 spiro atoms. The van der Waals surface area contributed by atoms with Crippen molar-refractivity contribution in [2.45, 2.75) is 31.3 Å². The summed E-state index contributed by atoms with van der Waals surface area (Å²) >= 11 is 0. The van der Waals surface area contributed by atoms with Crippen molar-refractivity contribution in [1.82, 2.24) is 5.32 Å². The van der Waals surface area contributed by atoms with Crippen LogP contribution < -0.4 is 11.1 Å². The monoisotopic (exact) mass is 264 g/mol. The van der Waals surface area contributed by atoms with Crippen LogP contribution in [0.5, 0.6) is 5.75 Å². The van der Waals surface area contributed by atoms with E-state index in [9.17, 15) is 9.90 Å². The molecule has 5 heteroatoms. The number of nitrogens with two attached hydrogens (primary N) is 1. The summed E-state index contributed by atoms with van der Waals surface area (Å²) in [6.45, 7) is 1.39. The molecule has 1 amide bonds. The van der Waals surface area contributed by atoms with Crippen LogP contribution >= 0.6 is 0 Å². The first-order valence-electron chi connectivity index (χ1n) is 6.57. The van der Waals surface area contributed by atoms with Crippen molar-refractivity contribution in [2.24, 2.45) is 5.73 Å². The van der Waals surface area contributed by atoms with E-state index in [1.54, 1.807) is 24.3 Å². The zero-order valence-electron chi connectivity index (χ0n) is 10.8. The van der Waals surface area contributed by atoms with E-state index in [0.29, 0.717) is 19.6 Å². The van der Waals surface area contributed by atoms with E-state index in [4.69, 9.17) is 10.5 Å². The topological polar surface area (TPSA) is 84.6 Å². The average molecular weight is 264 g/mol. The van der Waals surface area contributed by atoms with Crippen LogP contribution in [0, 0.1) is 0 Å². The average Bonchev–Trinajstić information content (AvgIpc) is 2.42. The number of carbonyl (C=O) groups excluding carboxylic acids is 1. The number of amides is 1. The van der Waals surface area contributed by atoms with Gasteiger partial charge < -0.3 is 20.9 Å². The first-order valence-corrected chi connectivity index (χ1v) is 6.57. The standard InChI is InChI=1S/C14H20N2O3/c15-13(9-10-1-3-12(17)4-2-10)14(18)16-11-5-7-19-8-6-11/h1-4,11,13,17H,5-9,15H2,(H,16,18)/t13-/m0/s1. The molecular weight excluding hydrogens is 244 g/mol. The molecule has 19 heavy (non-hydrogen) atoms. The minimum absolute atomic E-state index is 0.125. The van der Waals surface area contributed by atoms with Crippen LogP contribution in [-0.2, 0) is 16.0 Å². The number of carbonyl (C=O) groups is 1. The minimum atomic E-state index is -0.563. The lowest BCUT2D eigenvalue weighted by Gasteiger charge is -2.24. The Bertz CT molecular complexity index is 413. The molecule has 1 heterocycles. The molecule has 0 unspecified atom stereocenters. The molecule has 1 saturated heterocycles. The molecule has 0 saturated carbocycles. The second kappa shape index (κ2) is 6.54. The molecule has 1 aromatic rings. The third kappa shape index (κ3) is 4.22. The lowest BCUT2D eigenvalue weighted by molar-refractivity contribution is -0.123. The van der Waals surface area contributed by atoms with Crippen LogP contribution in [0.2, 0.25) is 0 Å². The summed E-state index contributed by atoms with van der Waals surface area (Å²) in [5.41, 5.74) is 6.84. The fraction of sp³-hybridized carbons (Fsp3) is 0.500. The van der Waals surface area contributed by atoms with Gasteiger partial charge in [-0.2, -0.15) is 0 Å². The lowest BCUT2D eigenvalue weighted by Crippen LogP contribution is -2.48. The van der Waals surface area contributed by atoms with Crippen LogP contribution in [0.4, 0.5) is 0 Å². The summed E-state index contributed by atoms with van der Waals surface area (Å²) in [5.74, 6) is 0.0870. The Morgan fingerprint density at radius 2 is 2.00 bits per heavy atom. The number of phenols is 1. The van der Waals surface area contributed by atoms with Crippen molar-refractivity contribution in [3.8, 4) is 5.75 Å². The quantitative estimate of drug-likeness (QED) is 0.741. The molecule has 1 aliphatic heterocycles. The van der Waals surface area contributed by atoms with Crippen LogP contribution in [0.25, 0.3) is 0 Å². The van der Waals surface area contributed by atoms with Gasteiger partial charge in [0.05, 0.1) is 6.04 Å². The molecule has 5 nitrogen and oxygen atoms in total. The maximum atomic E-state index is 12.0. The highest BCUT2D eigenvalue weighted by Gasteiger charge is 2.20. The largest absolute Gasteiger partial charge is 0.508 e. The summed E-state index contributed by atoms with van der Waals surface area (Å²) in [5, 5.41) is 12.2. The van der Waals surface area contributed by atoms with Crippen molar-refractivity contribution in [3.63, 3.8) is 0 Å². The van der Waals surface area contributed by atoms with Crippen molar-refractivity contribution in [1.29, 1.82) is 0 Å². The number of aromatic hydroxyl groups is 1. The number of phenolic OH excluding ortho intramolecular Hbond substituents is 1. The maximum Gasteiger partial charge on any atom is 0.237 e. The van der Waals surface area contributed by atoms with Crippen LogP contribution in [0.15, 0.2) is 24.3 Å². The SMILES string of the molecule is N[C@@H](Cc1ccc(O)cc1)C(=O)NC1CCOCC1. The molecule has 1 fully saturated rings. The highest BCUT2D eigenvalue weighted by Crippen LogP contribution is 2.11. The second-order valence-electron chi connectivity index (χ2n) is 4.87. The van der Waals surface area contributed by atoms with Gasteiger partial charge in [0.1, 0.15) is 5.75 Å². The van der Waals surface area contributed by atoms with E-state index < -0.39 is 6.04 Å². The van der Waals surface area contributed by atoms with Crippen LogP contribution in [0.3, 0.4) is 0 Å². The third-order valence-electron chi connectivity index (χ3n) is 3.30. The first kappa shape index (κ1) is 13.8. The van der Waals surface area contributed by atoms with Gasteiger partial charge in [0.25, 0.3) is 0 Å². The van der Waals surface area contributed by atoms with Gasteiger partial charge >= 0.3 is 0 Å². The molecule has 0 radical (unpaired) electrons. The highest BCUT2D eigenvalue weighted by atomic mass is 16.5. The van der Waals surface area contributed by atoms with Gasteiger partial charge in [-0.25, -0.2) is 0 Å². The van der Waals surface area contributed by atoms with Crippen molar-refractivity contribution < 1.29 is 14.6 Å².